The molecule has 0 amide bonds. The Hall–Kier alpha value is -1.85. The minimum atomic E-state index is 0.212. The molecule has 0 aliphatic rings. The van der Waals surface area contributed by atoms with Gasteiger partial charge in [0.1, 0.15) is 5.75 Å². The molecule has 2 rings (SSSR count). The zero-order valence-corrected chi connectivity index (χ0v) is 11.0. The summed E-state index contributed by atoms with van der Waals surface area (Å²) in [6.07, 6.45) is 2.58. The van der Waals surface area contributed by atoms with Gasteiger partial charge >= 0.3 is 0 Å². The largest absolute Gasteiger partial charge is 0.497 e. The molecule has 102 valence electrons. The molecule has 0 radical (unpaired) electrons. The molecule has 0 spiro atoms. The number of benzene rings is 1. The molecule has 0 unspecified atom stereocenters. The van der Waals surface area contributed by atoms with Gasteiger partial charge in [-0.15, -0.1) is 0 Å². The third-order valence-electron chi connectivity index (χ3n) is 2.92. The third kappa shape index (κ3) is 3.56. The number of rotatable bonds is 7. The van der Waals surface area contributed by atoms with E-state index in [0.29, 0.717) is 0 Å². The minimum absolute atomic E-state index is 0.212. The van der Waals surface area contributed by atoms with Crippen molar-refractivity contribution in [3.8, 4) is 17.0 Å². The van der Waals surface area contributed by atoms with Crippen LogP contribution in [0, 0.1) is 0 Å². The van der Waals surface area contributed by atoms with Crippen molar-refractivity contribution in [3.05, 3.63) is 36.0 Å². The highest BCUT2D eigenvalue weighted by atomic mass is 16.5. The fourth-order valence-corrected chi connectivity index (χ4v) is 1.88. The lowest BCUT2D eigenvalue weighted by Crippen LogP contribution is -2.15. The summed E-state index contributed by atoms with van der Waals surface area (Å²) in [7, 11) is 1.65. The third-order valence-corrected chi connectivity index (χ3v) is 2.92. The number of aromatic amines is 1. The van der Waals surface area contributed by atoms with E-state index >= 15 is 0 Å². The van der Waals surface area contributed by atoms with Crippen molar-refractivity contribution in [2.45, 2.75) is 13.0 Å². The van der Waals surface area contributed by atoms with E-state index in [1.54, 1.807) is 7.11 Å². The van der Waals surface area contributed by atoms with Gasteiger partial charge in [-0.3, -0.25) is 5.10 Å². The van der Waals surface area contributed by atoms with Crippen LogP contribution in [0.1, 0.15) is 12.0 Å². The van der Waals surface area contributed by atoms with Crippen LogP contribution in [0.2, 0.25) is 0 Å². The van der Waals surface area contributed by atoms with E-state index in [0.717, 1.165) is 42.1 Å². The molecule has 0 saturated heterocycles. The highest BCUT2D eigenvalue weighted by Crippen LogP contribution is 2.23. The SMILES string of the molecule is COc1ccc(-c2[nH]ncc2CNCCCO)cc1. The predicted molar refractivity (Wildman–Crippen MR) is 74.0 cm³/mol. The summed E-state index contributed by atoms with van der Waals surface area (Å²) in [6, 6.07) is 7.87. The number of hydrogen-bond donors (Lipinski definition) is 3. The maximum atomic E-state index is 8.74. The highest BCUT2D eigenvalue weighted by molar-refractivity contribution is 5.63. The Morgan fingerprint density at radius 2 is 2.11 bits per heavy atom. The van der Waals surface area contributed by atoms with Gasteiger partial charge in [0.05, 0.1) is 19.0 Å². The average Bonchev–Trinajstić information content (AvgIpc) is 2.92. The van der Waals surface area contributed by atoms with Crippen LogP contribution in [0.15, 0.2) is 30.5 Å². The molecule has 0 aliphatic heterocycles. The van der Waals surface area contributed by atoms with E-state index in [1.807, 2.05) is 30.5 Å². The normalized spacial score (nSPS) is 10.6. The first kappa shape index (κ1) is 13.6. The van der Waals surface area contributed by atoms with Gasteiger partial charge in [-0.2, -0.15) is 5.10 Å². The lowest BCUT2D eigenvalue weighted by molar-refractivity contribution is 0.286. The summed E-state index contributed by atoms with van der Waals surface area (Å²) < 4.78 is 5.15. The van der Waals surface area contributed by atoms with Gasteiger partial charge in [0.2, 0.25) is 0 Å². The van der Waals surface area contributed by atoms with Gasteiger partial charge in [0.15, 0.2) is 0 Å². The summed E-state index contributed by atoms with van der Waals surface area (Å²) in [5.41, 5.74) is 3.21. The number of hydrogen-bond acceptors (Lipinski definition) is 4. The molecule has 0 atom stereocenters. The van der Waals surface area contributed by atoms with Crippen LogP contribution >= 0.6 is 0 Å². The van der Waals surface area contributed by atoms with E-state index in [2.05, 4.69) is 15.5 Å². The second-order valence-corrected chi connectivity index (χ2v) is 4.25. The smallest absolute Gasteiger partial charge is 0.118 e. The Morgan fingerprint density at radius 3 is 2.79 bits per heavy atom. The standard InChI is InChI=1S/C14H19N3O2/c1-19-13-5-3-11(4-6-13)14-12(10-16-17-14)9-15-7-2-8-18/h3-6,10,15,18H,2,7-9H2,1H3,(H,16,17). The van der Waals surface area contributed by atoms with E-state index in [1.165, 1.54) is 0 Å². The maximum Gasteiger partial charge on any atom is 0.118 e. The van der Waals surface area contributed by atoms with Gasteiger partial charge in [0.25, 0.3) is 0 Å². The summed E-state index contributed by atoms with van der Waals surface area (Å²) in [6.45, 7) is 1.74. The lowest BCUT2D eigenvalue weighted by Gasteiger charge is -2.06. The van der Waals surface area contributed by atoms with Crippen LogP contribution in [0.3, 0.4) is 0 Å². The van der Waals surface area contributed by atoms with Gasteiger partial charge in [-0.1, -0.05) is 0 Å². The number of aliphatic hydroxyl groups is 1. The van der Waals surface area contributed by atoms with Crippen molar-refractivity contribution in [1.82, 2.24) is 15.5 Å². The Morgan fingerprint density at radius 1 is 1.32 bits per heavy atom. The van der Waals surface area contributed by atoms with Crippen LogP contribution in [0.4, 0.5) is 0 Å². The van der Waals surface area contributed by atoms with Crippen LogP contribution in [-0.4, -0.2) is 35.6 Å². The van der Waals surface area contributed by atoms with Gasteiger partial charge < -0.3 is 15.2 Å². The van der Waals surface area contributed by atoms with Crippen LogP contribution < -0.4 is 10.1 Å². The molecule has 1 aromatic carbocycles. The molecular weight excluding hydrogens is 242 g/mol. The van der Waals surface area contributed by atoms with E-state index in [-0.39, 0.29) is 6.61 Å². The van der Waals surface area contributed by atoms with Crippen LogP contribution in [-0.2, 0) is 6.54 Å². The summed E-state index contributed by atoms with van der Waals surface area (Å²) in [5.74, 6) is 0.839. The Balaban J connectivity index is 2.05. The van der Waals surface area contributed by atoms with Crippen molar-refractivity contribution in [2.24, 2.45) is 0 Å². The number of ether oxygens (including phenoxy) is 1. The number of H-pyrrole nitrogens is 1. The number of nitrogens with zero attached hydrogens (tertiary/aromatic N) is 1. The predicted octanol–water partition coefficient (Wildman–Crippen LogP) is 1.56. The van der Waals surface area contributed by atoms with Gasteiger partial charge in [0, 0.05) is 24.3 Å². The Labute approximate surface area is 112 Å². The molecule has 0 aliphatic carbocycles. The maximum absolute atomic E-state index is 8.74. The molecule has 0 fully saturated rings. The molecule has 5 heteroatoms. The average molecular weight is 261 g/mol. The summed E-state index contributed by atoms with van der Waals surface area (Å²) >= 11 is 0. The monoisotopic (exact) mass is 261 g/mol. The number of methoxy groups -OCH3 is 1. The van der Waals surface area contributed by atoms with Crippen molar-refractivity contribution in [2.75, 3.05) is 20.3 Å². The molecule has 5 nitrogen and oxygen atoms in total. The summed E-state index contributed by atoms with van der Waals surface area (Å²) in [5, 5.41) is 19.1. The molecule has 2 aromatic rings. The molecule has 19 heavy (non-hydrogen) atoms. The molecule has 1 heterocycles. The quantitative estimate of drug-likeness (QED) is 0.661. The van der Waals surface area contributed by atoms with Crippen molar-refractivity contribution in [1.29, 1.82) is 0 Å². The zero-order chi connectivity index (χ0) is 13.5. The van der Waals surface area contributed by atoms with Crippen LogP contribution in [0.25, 0.3) is 11.3 Å². The first-order valence-electron chi connectivity index (χ1n) is 6.33. The summed E-state index contributed by atoms with van der Waals surface area (Å²) in [4.78, 5) is 0. The molecule has 0 bridgehead atoms. The zero-order valence-electron chi connectivity index (χ0n) is 11.0. The van der Waals surface area contributed by atoms with Crippen molar-refractivity contribution in [3.63, 3.8) is 0 Å². The van der Waals surface area contributed by atoms with Crippen LogP contribution in [0.5, 0.6) is 5.75 Å². The molecular formula is C14H19N3O2. The fraction of sp³-hybridized carbons (Fsp3) is 0.357. The molecule has 1 aromatic heterocycles. The number of aliphatic hydroxyl groups excluding tert-OH is 1. The first-order chi connectivity index (χ1) is 9.35. The highest BCUT2D eigenvalue weighted by Gasteiger charge is 2.07. The van der Waals surface area contributed by atoms with Gasteiger partial charge in [-0.25, -0.2) is 0 Å². The van der Waals surface area contributed by atoms with E-state index < -0.39 is 0 Å². The lowest BCUT2D eigenvalue weighted by atomic mass is 10.1. The van der Waals surface area contributed by atoms with Crippen molar-refractivity contribution >= 4 is 0 Å². The minimum Gasteiger partial charge on any atom is -0.497 e. The van der Waals surface area contributed by atoms with Gasteiger partial charge in [-0.05, 0) is 37.2 Å². The number of nitrogens with one attached hydrogen (secondary N) is 2. The molecule has 0 saturated carbocycles. The topological polar surface area (TPSA) is 70.2 Å². The Bertz CT molecular complexity index is 494. The van der Waals surface area contributed by atoms with E-state index in [9.17, 15) is 0 Å². The number of aromatic nitrogens is 2. The second-order valence-electron chi connectivity index (χ2n) is 4.25. The van der Waals surface area contributed by atoms with E-state index in [4.69, 9.17) is 9.84 Å². The molecule has 3 N–H and O–H groups in total. The Kier molecular flexibility index (Phi) is 4.94. The fourth-order valence-electron chi connectivity index (χ4n) is 1.88. The first-order valence-corrected chi connectivity index (χ1v) is 6.33. The van der Waals surface area contributed by atoms with Crippen molar-refractivity contribution < 1.29 is 9.84 Å². The second kappa shape index (κ2) is 6.92.